The van der Waals surface area contributed by atoms with E-state index in [1.807, 2.05) is 25.1 Å². The Kier molecular flexibility index (Phi) is 6.10. The summed E-state index contributed by atoms with van der Waals surface area (Å²) in [6.45, 7) is 5.37. The van der Waals surface area contributed by atoms with E-state index < -0.39 is 6.09 Å². The van der Waals surface area contributed by atoms with E-state index in [1.165, 1.54) is 10.8 Å². The molecular formula is C25H29N5O4. The summed E-state index contributed by atoms with van der Waals surface area (Å²) in [6, 6.07) is 9.26. The molecule has 1 aliphatic heterocycles. The lowest BCUT2D eigenvalue weighted by atomic mass is 9.95. The van der Waals surface area contributed by atoms with Crippen molar-refractivity contribution in [2.75, 3.05) is 26.2 Å². The minimum Gasteiger partial charge on any atom is -0.494 e. The molecule has 1 amide bonds. The number of pyridine rings is 2. The number of fused-ring (bicyclic) bond motifs is 1. The van der Waals surface area contributed by atoms with Gasteiger partial charge in [-0.05, 0) is 50.8 Å². The SMILES string of the molecule is Cc1cccc(CN2CCN(C(=O)Oc3ccc(-n4c(O)c5c(c4O)CCCC5)cn3)CC2)n1. The number of aromatic hydroxyl groups is 2. The number of hydrogen-bond donors (Lipinski definition) is 2. The van der Waals surface area contributed by atoms with Crippen molar-refractivity contribution >= 4 is 6.09 Å². The largest absolute Gasteiger partial charge is 0.494 e. The Morgan fingerprint density at radius 2 is 1.71 bits per heavy atom. The molecular weight excluding hydrogens is 434 g/mol. The van der Waals surface area contributed by atoms with Crippen molar-refractivity contribution in [1.29, 1.82) is 0 Å². The quantitative estimate of drug-likeness (QED) is 0.612. The molecule has 0 aromatic carbocycles. The van der Waals surface area contributed by atoms with Gasteiger partial charge in [0.15, 0.2) is 0 Å². The van der Waals surface area contributed by atoms with Crippen molar-refractivity contribution in [2.45, 2.75) is 39.2 Å². The first-order valence-corrected chi connectivity index (χ1v) is 11.7. The molecule has 0 saturated carbocycles. The monoisotopic (exact) mass is 463 g/mol. The lowest BCUT2D eigenvalue weighted by Crippen LogP contribution is -2.49. The minimum absolute atomic E-state index is 0.0532. The summed E-state index contributed by atoms with van der Waals surface area (Å²) in [4.78, 5) is 25.3. The zero-order valence-corrected chi connectivity index (χ0v) is 19.3. The first-order valence-electron chi connectivity index (χ1n) is 11.7. The molecule has 3 aromatic heterocycles. The maximum Gasteiger partial charge on any atom is 0.416 e. The van der Waals surface area contributed by atoms with Gasteiger partial charge in [-0.15, -0.1) is 0 Å². The molecule has 0 bridgehead atoms. The summed E-state index contributed by atoms with van der Waals surface area (Å²) in [6.07, 6.45) is 4.54. The molecule has 0 spiro atoms. The molecule has 2 N–H and O–H groups in total. The van der Waals surface area contributed by atoms with Gasteiger partial charge in [-0.1, -0.05) is 6.07 Å². The van der Waals surface area contributed by atoms with Crippen LogP contribution in [0, 0.1) is 6.92 Å². The molecule has 178 valence electrons. The van der Waals surface area contributed by atoms with Gasteiger partial charge in [0, 0.05) is 55.6 Å². The van der Waals surface area contributed by atoms with Crippen LogP contribution in [0.25, 0.3) is 5.69 Å². The van der Waals surface area contributed by atoms with E-state index >= 15 is 0 Å². The average molecular weight is 464 g/mol. The summed E-state index contributed by atoms with van der Waals surface area (Å²) < 4.78 is 6.87. The smallest absolute Gasteiger partial charge is 0.416 e. The van der Waals surface area contributed by atoms with E-state index in [0.717, 1.165) is 67.8 Å². The molecule has 9 nitrogen and oxygen atoms in total. The Bertz CT molecular complexity index is 1150. The number of carbonyl (C=O) groups is 1. The highest BCUT2D eigenvalue weighted by Crippen LogP contribution is 2.40. The number of aromatic nitrogens is 3. The van der Waals surface area contributed by atoms with Gasteiger partial charge in [0.05, 0.1) is 17.6 Å². The summed E-state index contributed by atoms with van der Waals surface area (Å²) in [7, 11) is 0. The Balaban J connectivity index is 1.18. The second kappa shape index (κ2) is 9.34. The molecule has 1 fully saturated rings. The van der Waals surface area contributed by atoms with Gasteiger partial charge in [0.1, 0.15) is 0 Å². The highest BCUT2D eigenvalue weighted by atomic mass is 16.6. The fourth-order valence-electron chi connectivity index (χ4n) is 4.74. The highest BCUT2D eigenvalue weighted by Gasteiger charge is 2.26. The van der Waals surface area contributed by atoms with Gasteiger partial charge in [0.25, 0.3) is 0 Å². The van der Waals surface area contributed by atoms with Gasteiger partial charge in [-0.25, -0.2) is 14.3 Å². The van der Waals surface area contributed by atoms with Crippen molar-refractivity contribution in [3.05, 3.63) is 59.0 Å². The van der Waals surface area contributed by atoms with Crippen LogP contribution in [0.15, 0.2) is 36.5 Å². The molecule has 0 atom stereocenters. The molecule has 0 unspecified atom stereocenters. The number of piperazine rings is 1. The molecule has 1 aliphatic carbocycles. The van der Waals surface area contributed by atoms with Crippen molar-refractivity contribution in [3.8, 4) is 23.3 Å². The molecule has 34 heavy (non-hydrogen) atoms. The third-order valence-corrected chi connectivity index (χ3v) is 6.56. The van der Waals surface area contributed by atoms with Crippen LogP contribution < -0.4 is 4.74 Å². The topological polar surface area (TPSA) is 104 Å². The fourth-order valence-corrected chi connectivity index (χ4v) is 4.74. The molecule has 1 saturated heterocycles. The third-order valence-electron chi connectivity index (χ3n) is 6.56. The summed E-state index contributed by atoms with van der Waals surface area (Å²) in [5.41, 5.74) is 4.15. The van der Waals surface area contributed by atoms with Crippen molar-refractivity contribution in [1.82, 2.24) is 24.3 Å². The predicted octanol–water partition coefficient (Wildman–Crippen LogP) is 3.18. The van der Waals surface area contributed by atoms with E-state index in [2.05, 4.69) is 14.9 Å². The maximum atomic E-state index is 12.6. The van der Waals surface area contributed by atoms with Crippen LogP contribution in [0.4, 0.5) is 4.79 Å². The van der Waals surface area contributed by atoms with Crippen LogP contribution >= 0.6 is 0 Å². The molecule has 9 heteroatoms. The van der Waals surface area contributed by atoms with Crippen molar-refractivity contribution in [2.24, 2.45) is 0 Å². The number of hydrogen-bond acceptors (Lipinski definition) is 7. The Hall–Kier alpha value is -3.59. The van der Waals surface area contributed by atoms with Gasteiger partial charge < -0.3 is 19.8 Å². The number of nitrogens with zero attached hydrogens (tertiary/aromatic N) is 5. The Morgan fingerprint density at radius 3 is 2.32 bits per heavy atom. The zero-order valence-electron chi connectivity index (χ0n) is 19.3. The number of aryl methyl sites for hydroxylation is 1. The third kappa shape index (κ3) is 4.43. The Morgan fingerprint density at radius 1 is 1.00 bits per heavy atom. The molecule has 2 aliphatic rings. The normalized spacial score (nSPS) is 16.3. The van der Waals surface area contributed by atoms with Crippen molar-refractivity contribution < 1.29 is 19.7 Å². The van der Waals surface area contributed by atoms with E-state index in [0.29, 0.717) is 18.8 Å². The first-order chi connectivity index (χ1) is 16.5. The number of rotatable bonds is 4. The van der Waals surface area contributed by atoms with E-state index in [9.17, 15) is 15.0 Å². The van der Waals surface area contributed by atoms with Crippen LogP contribution in [0.2, 0.25) is 0 Å². The van der Waals surface area contributed by atoms with Crippen LogP contribution in [0.1, 0.15) is 35.4 Å². The standard InChI is InChI=1S/C25H29N5O4/c1-17-5-4-6-18(27-17)16-28-11-13-29(14-12-28)25(33)34-22-10-9-19(15-26-22)30-23(31)20-7-2-3-8-21(20)24(30)32/h4-6,9-10,15,31-32H,2-3,7-8,11-14,16H2,1H3. The van der Waals surface area contributed by atoms with E-state index in [-0.39, 0.29) is 17.6 Å². The van der Waals surface area contributed by atoms with Crippen LogP contribution in [-0.4, -0.2) is 66.8 Å². The molecule has 5 rings (SSSR count). The summed E-state index contributed by atoms with van der Waals surface area (Å²) in [5.74, 6) is 0.283. The predicted molar refractivity (Wildman–Crippen MR) is 125 cm³/mol. The molecule has 3 aromatic rings. The van der Waals surface area contributed by atoms with E-state index in [1.54, 1.807) is 17.0 Å². The second-order valence-electron chi connectivity index (χ2n) is 8.90. The van der Waals surface area contributed by atoms with Crippen LogP contribution in [0.3, 0.4) is 0 Å². The second-order valence-corrected chi connectivity index (χ2v) is 8.90. The lowest BCUT2D eigenvalue weighted by Gasteiger charge is -2.33. The van der Waals surface area contributed by atoms with Gasteiger partial charge >= 0.3 is 6.09 Å². The minimum atomic E-state index is -0.435. The fraction of sp³-hybridized carbons (Fsp3) is 0.400. The number of amides is 1. The van der Waals surface area contributed by atoms with Crippen LogP contribution in [0.5, 0.6) is 17.6 Å². The zero-order chi connectivity index (χ0) is 23.7. The highest BCUT2D eigenvalue weighted by molar-refractivity contribution is 5.70. The van der Waals surface area contributed by atoms with Crippen LogP contribution in [-0.2, 0) is 19.4 Å². The average Bonchev–Trinajstić information content (AvgIpc) is 3.10. The first kappa shape index (κ1) is 22.2. The summed E-state index contributed by atoms with van der Waals surface area (Å²) in [5, 5.41) is 21.2. The van der Waals surface area contributed by atoms with Gasteiger partial charge in [-0.2, -0.15) is 0 Å². The summed E-state index contributed by atoms with van der Waals surface area (Å²) >= 11 is 0. The van der Waals surface area contributed by atoms with Gasteiger partial charge in [-0.3, -0.25) is 9.88 Å². The molecule has 4 heterocycles. The van der Waals surface area contributed by atoms with Crippen molar-refractivity contribution in [3.63, 3.8) is 0 Å². The lowest BCUT2D eigenvalue weighted by molar-refractivity contribution is 0.106. The Labute approximate surface area is 198 Å². The number of ether oxygens (including phenoxy) is 1. The number of carbonyl (C=O) groups excluding carboxylic acids is 1. The van der Waals surface area contributed by atoms with Gasteiger partial charge in [0.2, 0.25) is 17.6 Å². The molecule has 0 radical (unpaired) electrons. The maximum absolute atomic E-state index is 12.6. The van der Waals surface area contributed by atoms with E-state index in [4.69, 9.17) is 4.74 Å².